The van der Waals surface area contributed by atoms with Crippen LogP contribution in [-0.4, -0.2) is 28.4 Å². The molecule has 0 spiro atoms. The number of rotatable bonds is 6. The maximum atomic E-state index is 13.3. The number of nitrogens with one attached hydrogen (secondary N) is 1. The molecule has 2 aliphatic rings. The number of benzene rings is 1. The van der Waals surface area contributed by atoms with E-state index >= 15 is 0 Å². The van der Waals surface area contributed by atoms with Gasteiger partial charge in [-0.1, -0.05) is 0 Å². The van der Waals surface area contributed by atoms with Gasteiger partial charge in [-0.2, -0.15) is 0 Å². The summed E-state index contributed by atoms with van der Waals surface area (Å²) in [5.41, 5.74) is 5.91. The highest BCUT2D eigenvalue weighted by molar-refractivity contribution is 6.25. The highest BCUT2D eigenvalue weighted by Crippen LogP contribution is 2.60. The van der Waals surface area contributed by atoms with Crippen molar-refractivity contribution in [3.63, 3.8) is 0 Å². The van der Waals surface area contributed by atoms with Crippen LogP contribution in [0.4, 0.5) is 8.78 Å². The highest BCUT2D eigenvalue weighted by Gasteiger charge is 2.56. The molecule has 0 unspecified atom stereocenters. The van der Waals surface area contributed by atoms with Gasteiger partial charge in [-0.3, -0.25) is 4.79 Å². The first-order valence-electron chi connectivity index (χ1n) is 8.28. The van der Waals surface area contributed by atoms with Crippen LogP contribution in [0.2, 0.25) is 0 Å². The Hall–Kier alpha value is -2.40. The monoisotopic (exact) mass is 349 g/mol. The summed E-state index contributed by atoms with van der Waals surface area (Å²) in [5.74, 6) is -2.52. The maximum absolute atomic E-state index is 13.3. The van der Waals surface area contributed by atoms with E-state index in [0.717, 1.165) is 31.2 Å². The molecule has 0 aliphatic heterocycles. The van der Waals surface area contributed by atoms with Gasteiger partial charge in [0.05, 0.1) is 15.9 Å². The number of esters is 1. The molecule has 2 aliphatic carbocycles. The standard InChI is InChI=1S/C18H19F2N2O3/c19-13-7-12(8-14(20)9-13)16(24)25-18-5-3-17(11-18,4-6-18)2-1-15(23)10-22-21/h7-10,21H,1-6,11H2/q+1. The number of ether oxygens (including phenoxy) is 1. The number of hydrogen-bond acceptors (Lipinski definition) is 4. The normalized spacial score (nSPS) is 27.0. The average Bonchev–Trinajstić information content (AvgIpc) is 3.08. The van der Waals surface area contributed by atoms with E-state index in [1.165, 1.54) is 0 Å². The zero-order chi connectivity index (χ0) is 18.1. The predicted octanol–water partition coefficient (Wildman–Crippen LogP) is 3.48. The minimum Gasteiger partial charge on any atom is -0.455 e. The van der Waals surface area contributed by atoms with Gasteiger partial charge >= 0.3 is 12.2 Å². The summed E-state index contributed by atoms with van der Waals surface area (Å²) >= 11 is 0. The van der Waals surface area contributed by atoms with Gasteiger partial charge in [0.1, 0.15) is 17.2 Å². The van der Waals surface area contributed by atoms with Crippen LogP contribution in [0.1, 0.15) is 55.3 Å². The third kappa shape index (κ3) is 3.66. The van der Waals surface area contributed by atoms with Crippen molar-refractivity contribution in [2.45, 2.75) is 50.5 Å². The topological polar surface area (TPSA) is 81.3 Å². The first-order chi connectivity index (χ1) is 11.9. The Morgan fingerprint density at radius 3 is 2.40 bits per heavy atom. The average molecular weight is 349 g/mol. The molecular weight excluding hydrogens is 330 g/mol. The minimum atomic E-state index is -0.814. The zero-order valence-corrected chi connectivity index (χ0v) is 13.7. The van der Waals surface area contributed by atoms with Crippen molar-refractivity contribution < 1.29 is 27.9 Å². The third-order valence-electron chi connectivity index (χ3n) is 5.44. The summed E-state index contributed by atoms with van der Waals surface area (Å²) in [5, 5.41) is 0. The molecule has 0 aromatic heterocycles. The molecule has 7 heteroatoms. The molecule has 132 valence electrons. The van der Waals surface area contributed by atoms with Crippen molar-refractivity contribution in [3.8, 4) is 0 Å². The third-order valence-corrected chi connectivity index (χ3v) is 5.44. The largest absolute Gasteiger partial charge is 0.455 e. The molecule has 1 aromatic carbocycles. The fourth-order valence-electron chi connectivity index (χ4n) is 4.20. The van der Waals surface area contributed by atoms with Crippen molar-refractivity contribution in [2.24, 2.45) is 5.41 Å². The molecular formula is C18H19F2N2O3+. The Labute approximate surface area is 143 Å². The SMILES string of the molecule is N=[N+]=CC(=O)CCC12CCC(OC(=O)c3cc(F)cc(F)c3)(CC1)C2. The van der Waals surface area contributed by atoms with Crippen molar-refractivity contribution in [1.82, 2.24) is 0 Å². The second-order valence-corrected chi connectivity index (χ2v) is 7.13. The molecule has 2 saturated carbocycles. The predicted molar refractivity (Wildman–Crippen MR) is 83.3 cm³/mol. The van der Waals surface area contributed by atoms with E-state index in [4.69, 9.17) is 10.3 Å². The van der Waals surface area contributed by atoms with Gasteiger partial charge in [-0.25, -0.2) is 13.6 Å². The van der Waals surface area contributed by atoms with Gasteiger partial charge in [0, 0.05) is 12.5 Å². The second kappa shape index (κ2) is 6.48. The van der Waals surface area contributed by atoms with Crippen LogP contribution in [0.15, 0.2) is 18.2 Å². The second-order valence-electron chi connectivity index (χ2n) is 7.13. The zero-order valence-electron chi connectivity index (χ0n) is 13.7. The summed E-state index contributed by atoms with van der Waals surface area (Å²) < 4.78 is 32.2. The quantitative estimate of drug-likeness (QED) is 0.369. The number of carbonyl (C=O) groups is 2. The number of ketones is 1. The summed E-state index contributed by atoms with van der Waals surface area (Å²) in [6, 6.07) is 2.65. The van der Waals surface area contributed by atoms with Gasteiger partial charge in [0.25, 0.3) is 0 Å². The van der Waals surface area contributed by atoms with Crippen LogP contribution in [0, 0.1) is 22.6 Å². The molecule has 0 radical (unpaired) electrons. The van der Waals surface area contributed by atoms with Crippen LogP contribution in [0.5, 0.6) is 0 Å². The molecule has 0 heterocycles. The number of nitrogens with zero attached hydrogens (tertiary/aromatic N) is 1. The number of carbonyl (C=O) groups excluding carboxylic acids is 2. The summed E-state index contributed by atoms with van der Waals surface area (Å²) in [6.45, 7) is 0. The van der Waals surface area contributed by atoms with Crippen molar-refractivity contribution in [1.29, 1.82) is 5.53 Å². The Bertz CT molecular complexity index is 743. The van der Waals surface area contributed by atoms with Crippen LogP contribution in [0.25, 0.3) is 0 Å². The lowest BCUT2D eigenvalue weighted by atomic mass is 9.80. The molecule has 5 nitrogen and oxygen atoms in total. The van der Waals surface area contributed by atoms with Gasteiger partial charge in [-0.15, -0.1) is 0 Å². The van der Waals surface area contributed by atoms with Gasteiger partial charge in [-0.05, 0) is 56.1 Å². The first-order valence-corrected chi connectivity index (χ1v) is 8.28. The van der Waals surface area contributed by atoms with Crippen LogP contribution >= 0.6 is 0 Å². The van der Waals surface area contributed by atoms with E-state index in [0.29, 0.717) is 38.2 Å². The van der Waals surface area contributed by atoms with Gasteiger partial charge in [0.15, 0.2) is 0 Å². The Kier molecular flexibility index (Phi) is 4.52. The molecule has 2 fully saturated rings. The maximum Gasteiger partial charge on any atom is 0.372 e. The molecule has 0 amide bonds. The highest BCUT2D eigenvalue weighted by atomic mass is 19.1. The number of fused-ring (bicyclic) bond motifs is 2. The lowest BCUT2D eigenvalue weighted by Gasteiger charge is -2.27. The van der Waals surface area contributed by atoms with E-state index < -0.39 is 23.2 Å². The Morgan fingerprint density at radius 1 is 1.16 bits per heavy atom. The molecule has 1 aromatic rings. The summed E-state index contributed by atoms with van der Waals surface area (Å²) in [7, 11) is 0. The van der Waals surface area contributed by atoms with Crippen LogP contribution in [-0.2, 0) is 9.53 Å². The molecule has 25 heavy (non-hydrogen) atoms. The van der Waals surface area contributed by atoms with Gasteiger partial charge < -0.3 is 4.74 Å². The lowest BCUT2D eigenvalue weighted by Crippen LogP contribution is -2.30. The van der Waals surface area contributed by atoms with E-state index in [1.54, 1.807) is 0 Å². The van der Waals surface area contributed by atoms with E-state index in [1.807, 2.05) is 0 Å². The van der Waals surface area contributed by atoms with Gasteiger partial charge in [0.2, 0.25) is 5.78 Å². The number of halogens is 2. The van der Waals surface area contributed by atoms with E-state index in [2.05, 4.69) is 4.79 Å². The molecule has 1 N–H and O–H groups in total. The molecule has 0 saturated heterocycles. The summed E-state index contributed by atoms with van der Waals surface area (Å²) in [4.78, 5) is 26.8. The Balaban J connectivity index is 1.65. The smallest absolute Gasteiger partial charge is 0.372 e. The lowest BCUT2D eigenvalue weighted by molar-refractivity contribution is -0.131. The summed E-state index contributed by atoms with van der Waals surface area (Å²) in [6.07, 6.45) is 5.75. The fourth-order valence-corrected chi connectivity index (χ4v) is 4.20. The molecule has 0 atom stereocenters. The van der Waals surface area contributed by atoms with E-state index in [-0.39, 0.29) is 16.8 Å². The fraction of sp³-hybridized carbons (Fsp3) is 0.500. The first kappa shape index (κ1) is 17.4. The van der Waals surface area contributed by atoms with Crippen molar-refractivity contribution in [3.05, 3.63) is 35.4 Å². The molecule has 2 bridgehead atoms. The minimum absolute atomic E-state index is 0.0427. The number of Topliss-reactive ketones (excluding diaryl/α,β-unsaturated/α-hetero) is 1. The van der Waals surface area contributed by atoms with Crippen LogP contribution in [0.3, 0.4) is 0 Å². The molecule has 3 rings (SSSR count). The number of hydrogen-bond donors (Lipinski definition) is 1. The van der Waals surface area contributed by atoms with Crippen molar-refractivity contribution in [2.75, 3.05) is 0 Å². The Morgan fingerprint density at radius 2 is 1.80 bits per heavy atom. The van der Waals surface area contributed by atoms with Crippen LogP contribution < -0.4 is 0 Å². The van der Waals surface area contributed by atoms with E-state index in [9.17, 15) is 18.4 Å². The van der Waals surface area contributed by atoms with Crippen molar-refractivity contribution >= 4 is 18.0 Å².